The predicted molar refractivity (Wildman–Crippen MR) is 76.2 cm³/mol. The van der Waals surface area contributed by atoms with Gasteiger partial charge >= 0.3 is 0 Å². The van der Waals surface area contributed by atoms with Crippen LogP contribution in [0.1, 0.15) is 32.1 Å². The van der Waals surface area contributed by atoms with Crippen LogP contribution in [0.3, 0.4) is 0 Å². The molecule has 1 aliphatic carbocycles. The third-order valence-corrected chi connectivity index (χ3v) is 3.25. The molecule has 0 amide bonds. The largest absolute Gasteiger partial charge is 0.381 e. The van der Waals surface area contributed by atoms with E-state index in [0.29, 0.717) is 17.9 Å². The van der Waals surface area contributed by atoms with Crippen LogP contribution in [0.15, 0.2) is 4.99 Å². The molecule has 2 rings (SSSR count). The maximum absolute atomic E-state index is 5.83. The summed E-state index contributed by atoms with van der Waals surface area (Å²) in [6.07, 6.45) is 6.24. The zero-order valence-corrected chi connectivity index (χ0v) is 12.0. The van der Waals surface area contributed by atoms with Gasteiger partial charge in [0.1, 0.15) is 0 Å². The summed E-state index contributed by atoms with van der Waals surface area (Å²) in [4.78, 5) is 4.37. The van der Waals surface area contributed by atoms with Crippen molar-refractivity contribution in [1.29, 1.82) is 0 Å². The third kappa shape index (κ3) is 4.45. The lowest BCUT2D eigenvalue weighted by atomic mass is 10.1. The third-order valence-electron chi connectivity index (χ3n) is 3.25. The number of hydrogen-bond acceptors (Lipinski definition) is 2. The SMILES string of the molecule is I.NC(=NCC1CCOC1)NC1CCCC1. The Morgan fingerprint density at radius 2 is 2.06 bits per heavy atom. The lowest BCUT2D eigenvalue weighted by Crippen LogP contribution is -2.38. The zero-order chi connectivity index (χ0) is 10.5. The Morgan fingerprint density at radius 1 is 1.31 bits per heavy atom. The highest BCUT2D eigenvalue weighted by molar-refractivity contribution is 14.0. The molecule has 0 aromatic rings. The van der Waals surface area contributed by atoms with E-state index in [4.69, 9.17) is 10.5 Å². The summed E-state index contributed by atoms with van der Waals surface area (Å²) in [5.41, 5.74) is 5.83. The lowest BCUT2D eigenvalue weighted by Gasteiger charge is -2.12. The number of rotatable bonds is 3. The van der Waals surface area contributed by atoms with Crippen molar-refractivity contribution in [3.8, 4) is 0 Å². The first kappa shape index (κ1) is 14.0. The lowest BCUT2D eigenvalue weighted by molar-refractivity contribution is 0.187. The number of aliphatic imine (C=N–C) groups is 1. The summed E-state index contributed by atoms with van der Waals surface area (Å²) in [6.45, 7) is 2.54. The minimum atomic E-state index is 0. The first-order chi connectivity index (χ1) is 7.34. The van der Waals surface area contributed by atoms with E-state index in [1.54, 1.807) is 0 Å². The van der Waals surface area contributed by atoms with E-state index in [2.05, 4.69) is 10.3 Å². The van der Waals surface area contributed by atoms with E-state index in [1.807, 2.05) is 0 Å². The molecule has 0 bridgehead atoms. The van der Waals surface area contributed by atoms with Crippen molar-refractivity contribution in [2.45, 2.75) is 38.1 Å². The van der Waals surface area contributed by atoms with E-state index in [1.165, 1.54) is 25.7 Å². The van der Waals surface area contributed by atoms with Gasteiger partial charge in [-0.15, -0.1) is 24.0 Å². The Morgan fingerprint density at radius 3 is 2.69 bits per heavy atom. The van der Waals surface area contributed by atoms with Crippen LogP contribution in [-0.4, -0.2) is 31.8 Å². The minimum Gasteiger partial charge on any atom is -0.381 e. The van der Waals surface area contributed by atoms with Gasteiger partial charge in [0.25, 0.3) is 0 Å². The molecule has 0 spiro atoms. The second kappa shape index (κ2) is 7.32. The van der Waals surface area contributed by atoms with Crippen molar-refractivity contribution in [3.63, 3.8) is 0 Å². The number of halogens is 1. The normalized spacial score (nSPS) is 26.8. The second-order valence-corrected chi connectivity index (χ2v) is 4.58. The summed E-state index contributed by atoms with van der Waals surface area (Å²) < 4.78 is 5.29. The molecule has 94 valence electrons. The fraction of sp³-hybridized carbons (Fsp3) is 0.909. The highest BCUT2D eigenvalue weighted by Crippen LogP contribution is 2.17. The number of nitrogens with two attached hydrogens (primary N) is 1. The van der Waals surface area contributed by atoms with Crippen LogP contribution in [0, 0.1) is 5.92 Å². The fourth-order valence-electron chi connectivity index (χ4n) is 2.28. The smallest absolute Gasteiger partial charge is 0.188 e. The average molecular weight is 339 g/mol. The Hall–Kier alpha value is -0.0400. The number of hydrogen-bond donors (Lipinski definition) is 2. The molecule has 1 atom stereocenters. The molecule has 1 heterocycles. The van der Waals surface area contributed by atoms with Crippen molar-refractivity contribution in [2.24, 2.45) is 16.6 Å². The van der Waals surface area contributed by atoms with E-state index in [-0.39, 0.29) is 24.0 Å². The van der Waals surface area contributed by atoms with Crippen molar-refractivity contribution in [1.82, 2.24) is 5.32 Å². The summed E-state index contributed by atoms with van der Waals surface area (Å²) in [5.74, 6) is 1.20. The maximum Gasteiger partial charge on any atom is 0.188 e. The topological polar surface area (TPSA) is 59.6 Å². The molecular formula is C11H22IN3O. The van der Waals surface area contributed by atoms with Gasteiger partial charge in [-0.25, -0.2) is 0 Å². The molecule has 4 nitrogen and oxygen atoms in total. The minimum absolute atomic E-state index is 0. The van der Waals surface area contributed by atoms with E-state index in [0.717, 1.165) is 26.2 Å². The van der Waals surface area contributed by atoms with Gasteiger partial charge in [0.2, 0.25) is 0 Å². The number of nitrogens with zero attached hydrogens (tertiary/aromatic N) is 1. The Kier molecular flexibility index (Phi) is 6.41. The van der Waals surface area contributed by atoms with Crippen LogP contribution in [0.5, 0.6) is 0 Å². The maximum atomic E-state index is 5.83. The summed E-state index contributed by atoms with van der Waals surface area (Å²) >= 11 is 0. The van der Waals surface area contributed by atoms with E-state index in [9.17, 15) is 0 Å². The van der Waals surface area contributed by atoms with E-state index >= 15 is 0 Å². The first-order valence-corrected chi connectivity index (χ1v) is 5.99. The van der Waals surface area contributed by atoms with Crippen LogP contribution >= 0.6 is 24.0 Å². The molecule has 2 aliphatic rings. The Labute approximate surface area is 114 Å². The van der Waals surface area contributed by atoms with Crippen molar-refractivity contribution >= 4 is 29.9 Å². The van der Waals surface area contributed by atoms with Crippen LogP contribution in [0.25, 0.3) is 0 Å². The van der Waals surface area contributed by atoms with Crippen molar-refractivity contribution in [3.05, 3.63) is 0 Å². The quantitative estimate of drug-likeness (QED) is 0.465. The molecule has 1 aliphatic heterocycles. The van der Waals surface area contributed by atoms with Gasteiger partial charge in [-0.05, 0) is 19.3 Å². The monoisotopic (exact) mass is 339 g/mol. The molecule has 0 radical (unpaired) electrons. The van der Waals surface area contributed by atoms with Gasteiger partial charge in [-0.2, -0.15) is 0 Å². The molecule has 1 saturated carbocycles. The fourth-order valence-corrected chi connectivity index (χ4v) is 2.28. The highest BCUT2D eigenvalue weighted by atomic mass is 127. The van der Waals surface area contributed by atoms with Crippen molar-refractivity contribution < 1.29 is 4.74 Å². The number of nitrogens with one attached hydrogen (secondary N) is 1. The van der Waals surface area contributed by atoms with Gasteiger partial charge in [0, 0.05) is 25.1 Å². The molecule has 0 aromatic carbocycles. The molecule has 0 aromatic heterocycles. The van der Waals surface area contributed by atoms with Crippen LogP contribution in [0.4, 0.5) is 0 Å². The van der Waals surface area contributed by atoms with Crippen LogP contribution in [-0.2, 0) is 4.74 Å². The van der Waals surface area contributed by atoms with Crippen LogP contribution in [0.2, 0.25) is 0 Å². The molecular weight excluding hydrogens is 317 g/mol. The number of ether oxygens (including phenoxy) is 1. The summed E-state index contributed by atoms with van der Waals surface area (Å²) in [7, 11) is 0. The van der Waals surface area contributed by atoms with E-state index < -0.39 is 0 Å². The molecule has 16 heavy (non-hydrogen) atoms. The van der Waals surface area contributed by atoms with Gasteiger partial charge in [0.15, 0.2) is 5.96 Å². The Balaban J connectivity index is 0.00000128. The van der Waals surface area contributed by atoms with Gasteiger partial charge < -0.3 is 15.8 Å². The van der Waals surface area contributed by atoms with Crippen molar-refractivity contribution in [2.75, 3.05) is 19.8 Å². The molecule has 3 N–H and O–H groups in total. The van der Waals surface area contributed by atoms with Gasteiger partial charge in [0.05, 0.1) is 6.61 Å². The standard InChI is InChI=1S/C11H21N3O.HI/c12-11(14-10-3-1-2-4-10)13-7-9-5-6-15-8-9;/h9-10H,1-8H2,(H3,12,13,14);1H. The Bertz CT molecular complexity index is 223. The molecule has 2 fully saturated rings. The zero-order valence-electron chi connectivity index (χ0n) is 9.65. The molecule has 1 saturated heterocycles. The number of guanidine groups is 1. The highest BCUT2D eigenvalue weighted by Gasteiger charge is 2.17. The first-order valence-electron chi connectivity index (χ1n) is 5.99. The molecule has 1 unspecified atom stereocenters. The molecule has 5 heteroatoms. The summed E-state index contributed by atoms with van der Waals surface area (Å²) in [5, 5.41) is 3.29. The summed E-state index contributed by atoms with van der Waals surface area (Å²) in [6, 6.07) is 0.563. The second-order valence-electron chi connectivity index (χ2n) is 4.58. The average Bonchev–Trinajstić information content (AvgIpc) is 2.86. The predicted octanol–water partition coefficient (Wildman–Crippen LogP) is 1.49. The van der Waals surface area contributed by atoms with Gasteiger partial charge in [-0.3, -0.25) is 4.99 Å². The van der Waals surface area contributed by atoms with Gasteiger partial charge in [-0.1, -0.05) is 12.8 Å². The van der Waals surface area contributed by atoms with Crippen LogP contribution < -0.4 is 11.1 Å².